The number of aliphatic carboxylic acids is 1. The number of carboxylic acid groups (broad SMARTS) is 1. The molecule has 1 fully saturated rings. The van der Waals surface area contributed by atoms with Crippen LogP contribution in [-0.2, 0) is 14.9 Å². The van der Waals surface area contributed by atoms with Gasteiger partial charge in [-0.15, -0.1) is 11.3 Å². The fourth-order valence-electron chi connectivity index (χ4n) is 2.51. The largest absolute Gasteiger partial charge is 0.481 e. The number of amides is 1. The molecule has 0 radical (unpaired) electrons. The summed E-state index contributed by atoms with van der Waals surface area (Å²) in [6.45, 7) is 6.27. The summed E-state index contributed by atoms with van der Waals surface area (Å²) in [6, 6.07) is 3.73. The van der Waals surface area contributed by atoms with Gasteiger partial charge in [-0.1, -0.05) is 6.07 Å². The molecule has 6 heteroatoms. The predicted molar refractivity (Wildman–Crippen MR) is 80.7 cm³/mol. The smallest absolute Gasteiger partial charge is 0.410 e. The van der Waals surface area contributed by atoms with Crippen LogP contribution in [-0.4, -0.2) is 40.8 Å². The lowest BCUT2D eigenvalue weighted by molar-refractivity contribution is -0.145. The van der Waals surface area contributed by atoms with Crippen LogP contribution in [0.2, 0.25) is 0 Å². The monoisotopic (exact) mass is 311 g/mol. The number of piperidine rings is 1. The molecule has 5 nitrogen and oxygen atoms in total. The number of carbonyl (C=O) groups excluding carboxylic acids is 1. The normalized spacial score (nSPS) is 18.3. The Hall–Kier alpha value is -1.56. The van der Waals surface area contributed by atoms with Crippen molar-refractivity contribution >= 4 is 23.4 Å². The van der Waals surface area contributed by atoms with Crippen LogP contribution < -0.4 is 0 Å². The van der Waals surface area contributed by atoms with Crippen LogP contribution in [0.4, 0.5) is 4.79 Å². The zero-order valence-corrected chi connectivity index (χ0v) is 13.4. The van der Waals surface area contributed by atoms with Crippen molar-refractivity contribution in [1.82, 2.24) is 4.90 Å². The molecule has 0 aromatic carbocycles. The summed E-state index contributed by atoms with van der Waals surface area (Å²) in [5.41, 5.74) is -1.40. The third kappa shape index (κ3) is 3.37. The molecule has 1 N–H and O–H groups in total. The standard InChI is InChI=1S/C15H21NO4S/c1-14(2,3)20-13(19)16-8-6-15(7-9-16,12(17)18)11-5-4-10-21-11/h4-5,10H,6-9H2,1-3H3,(H,17,18). The van der Waals surface area contributed by atoms with E-state index < -0.39 is 17.0 Å². The minimum Gasteiger partial charge on any atom is -0.481 e. The predicted octanol–water partition coefficient (Wildman–Crippen LogP) is 3.10. The third-order valence-corrected chi connectivity index (χ3v) is 4.74. The molecule has 0 unspecified atom stereocenters. The average molecular weight is 311 g/mol. The van der Waals surface area contributed by atoms with Gasteiger partial charge < -0.3 is 14.7 Å². The Morgan fingerprint density at radius 3 is 2.38 bits per heavy atom. The van der Waals surface area contributed by atoms with Crippen LogP contribution in [0, 0.1) is 0 Å². The van der Waals surface area contributed by atoms with Gasteiger partial charge in [-0.3, -0.25) is 4.79 Å². The lowest BCUT2D eigenvalue weighted by Gasteiger charge is -2.38. The number of ether oxygens (including phenoxy) is 1. The Kier molecular flexibility index (Phi) is 4.27. The molecule has 1 aliphatic heterocycles. The number of thiophene rings is 1. The molecule has 0 atom stereocenters. The van der Waals surface area contributed by atoms with Crippen LogP contribution in [0.5, 0.6) is 0 Å². The van der Waals surface area contributed by atoms with E-state index in [4.69, 9.17) is 4.74 Å². The van der Waals surface area contributed by atoms with Crippen LogP contribution >= 0.6 is 11.3 Å². The van der Waals surface area contributed by atoms with Crippen molar-refractivity contribution in [3.63, 3.8) is 0 Å². The molecular formula is C15H21NO4S. The molecule has 0 saturated carbocycles. The van der Waals surface area contributed by atoms with E-state index in [-0.39, 0.29) is 6.09 Å². The highest BCUT2D eigenvalue weighted by Crippen LogP contribution is 2.38. The van der Waals surface area contributed by atoms with E-state index in [1.807, 2.05) is 38.3 Å². The van der Waals surface area contributed by atoms with E-state index in [0.29, 0.717) is 25.9 Å². The van der Waals surface area contributed by atoms with Crippen LogP contribution in [0.15, 0.2) is 17.5 Å². The maximum absolute atomic E-state index is 12.0. The summed E-state index contributed by atoms with van der Waals surface area (Å²) in [6.07, 6.45) is 0.470. The molecule has 0 aliphatic carbocycles. The maximum atomic E-state index is 12.0. The second-order valence-corrected chi connectivity index (χ2v) is 7.28. The van der Waals surface area contributed by atoms with Gasteiger partial charge in [0, 0.05) is 18.0 Å². The zero-order chi connectivity index (χ0) is 15.7. The average Bonchev–Trinajstić information content (AvgIpc) is 2.90. The molecule has 1 amide bonds. The summed E-state index contributed by atoms with van der Waals surface area (Å²) < 4.78 is 5.34. The van der Waals surface area contributed by atoms with Crippen molar-refractivity contribution in [3.8, 4) is 0 Å². The van der Waals surface area contributed by atoms with E-state index in [0.717, 1.165) is 4.88 Å². The number of rotatable bonds is 2. The molecule has 0 spiro atoms. The minimum absolute atomic E-state index is 0.368. The quantitative estimate of drug-likeness (QED) is 0.911. The fraction of sp³-hybridized carbons (Fsp3) is 0.600. The van der Waals surface area contributed by atoms with Crippen molar-refractivity contribution in [2.75, 3.05) is 13.1 Å². The van der Waals surface area contributed by atoms with Crippen molar-refractivity contribution < 1.29 is 19.4 Å². The summed E-state index contributed by atoms with van der Waals surface area (Å²) in [5, 5.41) is 11.5. The van der Waals surface area contributed by atoms with Crippen molar-refractivity contribution in [2.24, 2.45) is 0 Å². The van der Waals surface area contributed by atoms with Crippen molar-refractivity contribution in [3.05, 3.63) is 22.4 Å². The van der Waals surface area contributed by atoms with E-state index >= 15 is 0 Å². The van der Waals surface area contributed by atoms with Crippen LogP contribution in [0.1, 0.15) is 38.5 Å². The Bertz CT molecular complexity index is 510. The molecule has 1 saturated heterocycles. The molecule has 1 aromatic heterocycles. The SMILES string of the molecule is CC(C)(C)OC(=O)N1CCC(C(=O)O)(c2cccs2)CC1. The van der Waals surface area contributed by atoms with Crippen molar-refractivity contribution in [2.45, 2.75) is 44.6 Å². The van der Waals surface area contributed by atoms with Gasteiger partial charge in [-0.25, -0.2) is 4.79 Å². The highest BCUT2D eigenvalue weighted by molar-refractivity contribution is 7.10. The van der Waals surface area contributed by atoms with Gasteiger partial charge in [0.15, 0.2) is 0 Å². The Morgan fingerprint density at radius 2 is 1.95 bits per heavy atom. The summed E-state index contributed by atoms with van der Waals surface area (Å²) >= 11 is 1.46. The number of nitrogens with zero attached hydrogens (tertiary/aromatic N) is 1. The van der Waals surface area contributed by atoms with Crippen molar-refractivity contribution in [1.29, 1.82) is 0 Å². The first-order valence-electron chi connectivity index (χ1n) is 7.00. The number of likely N-dealkylation sites (tertiary alicyclic amines) is 1. The first-order chi connectivity index (χ1) is 9.74. The molecule has 1 aliphatic rings. The summed E-state index contributed by atoms with van der Waals surface area (Å²) in [5.74, 6) is -0.811. The van der Waals surface area contributed by atoms with Crippen LogP contribution in [0.3, 0.4) is 0 Å². The molecule has 21 heavy (non-hydrogen) atoms. The zero-order valence-electron chi connectivity index (χ0n) is 12.6. The number of carbonyl (C=O) groups is 2. The number of carboxylic acids is 1. The Labute approximate surface area is 128 Å². The lowest BCUT2D eigenvalue weighted by atomic mass is 9.77. The van der Waals surface area contributed by atoms with Gasteiger partial charge in [-0.05, 0) is 45.1 Å². The topological polar surface area (TPSA) is 66.8 Å². The molecule has 1 aromatic rings. The highest BCUT2D eigenvalue weighted by Gasteiger charge is 2.45. The Balaban J connectivity index is 2.08. The second kappa shape index (κ2) is 5.67. The number of hydrogen-bond donors (Lipinski definition) is 1. The lowest BCUT2D eigenvalue weighted by Crippen LogP contribution is -2.49. The van der Waals surface area contributed by atoms with E-state index in [1.54, 1.807) is 4.90 Å². The molecule has 2 heterocycles. The second-order valence-electron chi connectivity index (χ2n) is 6.33. The van der Waals surface area contributed by atoms with Gasteiger partial charge in [-0.2, -0.15) is 0 Å². The van der Waals surface area contributed by atoms with Gasteiger partial charge in [0.25, 0.3) is 0 Å². The maximum Gasteiger partial charge on any atom is 0.410 e. The van der Waals surface area contributed by atoms with Gasteiger partial charge in [0.05, 0.1) is 0 Å². The first kappa shape index (κ1) is 15.8. The minimum atomic E-state index is -0.868. The number of hydrogen-bond acceptors (Lipinski definition) is 4. The highest BCUT2D eigenvalue weighted by atomic mass is 32.1. The van der Waals surface area contributed by atoms with Gasteiger partial charge in [0.2, 0.25) is 0 Å². The van der Waals surface area contributed by atoms with E-state index in [1.165, 1.54) is 11.3 Å². The summed E-state index contributed by atoms with van der Waals surface area (Å²) in [4.78, 5) is 26.2. The molecular weight excluding hydrogens is 290 g/mol. The third-order valence-electron chi connectivity index (χ3n) is 3.67. The molecule has 0 bridgehead atoms. The Morgan fingerprint density at radius 1 is 1.33 bits per heavy atom. The first-order valence-corrected chi connectivity index (χ1v) is 7.88. The van der Waals surface area contributed by atoms with E-state index in [9.17, 15) is 14.7 Å². The molecule has 2 rings (SSSR count). The van der Waals surface area contributed by atoms with Crippen LogP contribution in [0.25, 0.3) is 0 Å². The summed E-state index contributed by atoms with van der Waals surface area (Å²) in [7, 11) is 0. The van der Waals surface area contributed by atoms with E-state index in [2.05, 4.69) is 0 Å². The van der Waals surface area contributed by atoms with Gasteiger partial charge >= 0.3 is 12.1 Å². The molecule has 116 valence electrons. The van der Waals surface area contributed by atoms with Gasteiger partial charge in [0.1, 0.15) is 11.0 Å². The fourth-order valence-corrected chi connectivity index (χ4v) is 3.49.